The molecule has 0 heterocycles. The minimum absolute atomic E-state index is 0.237. The van der Waals surface area contributed by atoms with Crippen molar-refractivity contribution < 1.29 is 56.9 Å². The average Bonchev–Trinajstić information content (AvgIpc) is 3.11. The van der Waals surface area contributed by atoms with E-state index in [0.29, 0.717) is 138 Å². The quantitative estimate of drug-likeness (QED) is 0.0838. The van der Waals surface area contributed by atoms with Crippen LogP contribution in [0.1, 0.15) is 5.56 Å². The first kappa shape index (κ1) is 41.1. The molecule has 48 heavy (non-hydrogen) atoms. The van der Waals surface area contributed by atoms with Crippen LogP contribution in [0.2, 0.25) is 0 Å². The van der Waals surface area contributed by atoms with E-state index in [0.717, 1.165) is 11.3 Å². The van der Waals surface area contributed by atoms with E-state index in [1.54, 1.807) is 12.1 Å². The molecule has 0 saturated heterocycles. The van der Waals surface area contributed by atoms with E-state index in [1.165, 1.54) is 0 Å². The van der Waals surface area contributed by atoms with Gasteiger partial charge in [-0.05, 0) is 29.8 Å². The Morgan fingerprint density at radius 2 is 0.854 bits per heavy atom. The molecule has 14 heteroatoms. The minimum Gasteiger partial charge on any atom is -0.491 e. The molecule has 0 spiro atoms. The fourth-order valence-corrected chi connectivity index (χ4v) is 3.64. The van der Waals surface area contributed by atoms with E-state index in [1.807, 2.05) is 42.5 Å². The Morgan fingerprint density at radius 3 is 1.27 bits per heavy atom. The molecule has 0 fully saturated rings. The van der Waals surface area contributed by atoms with Gasteiger partial charge in [-0.1, -0.05) is 30.3 Å². The highest BCUT2D eigenvalue weighted by Gasteiger charge is 2.02. The van der Waals surface area contributed by atoms with Crippen molar-refractivity contribution in [2.75, 3.05) is 138 Å². The molecule has 2 aromatic rings. The number of hydrogen-bond acceptors (Lipinski definition) is 13. The summed E-state index contributed by atoms with van der Waals surface area (Å²) in [5, 5.41) is 2.64. The van der Waals surface area contributed by atoms with Crippen LogP contribution in [0.15, 0.2) is 54.6 Å². The summed E-state index contributed by atoms with van der Waals surface area (Å²) in [6.07, 6.45) is -0.470. The SMILES string of the molecule is Nc1ccc(OCCOCCOCCOCCOCCOCCOCCOCCOCCOCCNC(=O)OCc2ccccc2)cc1. The van der Waals surface area contributed by atoms with Gasteiger partial charge in [0.15, 0.2) is 0 Å². The van der Waals surface area contributed by atoms with Crippen molar-refractivity contribution in [1.82, 2.24) is 5.32 Å². The van der Waals surface area contributed by atoms with Gasteiger partial charge in [-0.25, -0.2) is 4.79 Å². The van der Waals surface area contributed by atoms with Crippen LogP contribution in [0.4, 0.5) is 10.5 Å². The minimum atomic E-state index is -0.470. The number of nitrogens with one attached hydrogen (secondary N) is 1. The van der Waals surface area contributed by atoms with Gasteiger partial charge in [0.25, 0.3) is 0 Å². The zero-order valence-corrected chi connectivity index (χ0v) is 28.0. The largest absolute Gasteiger partial charge is 0.491 e. The lowest BCUT2D eigenvalue weighted by Crippen LogP contribution is -2.28. The fourth-order valence-electron chi connectivity index (χ4n) is 3.64. The van der Waals surface area contributed by atoms with Gasteiger partial charge in [-0.2, -0.15) is 0 Å². The third kappa shape index (κ3) is 26.0. The second-order valence-corrected chi connectivity index (χ2v) is 9.92. The van der Waals surface area contributed by atoms with Crippen LogP contribution >= 0.6 is 0 Å². The predicted octanol–water partition coefficient (Wildman–Crippen LogP) is 2.72. The number of ether oxygens (including phenoxy) is 11. The molecule has 0 atom stereocenters. The van der Waals surface area contributed by atoms with E-state index in [4.69, 9.17) is 57.8 Å². The highest BCUT2D eigenvalue weighted by Crippen LogP contribution is 2.12. The molecule has 1 amide bonds. The van der Waals surface area contributed by atoms with Crippen LogP contribution < -0.4 is 15.8 Å². The number of rotatable bonds is 33. The van der Waals surface area contributed by atoms with Crippen LogP contribution in [0.5, 0.6) is 5.75 Å². The molecule has 0 aliphatic heterocycles. The monoisotopic (exact) mass is 682 g/mol. The molecular formula is C34H54N2O12. The number of anilines is 1. The van der Waals surface area contributed by atoms with Crippen LogP contribution in [-0.4, -0.2) is 138 Å². The number of alkyl carbamates (subject to hydrolysis) is 1. The van der Waals surface area contributed by atoms with Crippen LogP contribution in [0, 0.1) is 0 Å². The maximum Gasteiger partial charge on any atom is 0.407 e. The van der Waals surface area contributed by atoms with E-state index in [2.05, 4.69) is 5.32 Å². The van der Waals surface area contributed by atoms with Crippen molar-refractivity contribution in [2.45, 2.75) is 6.61 Å². The first-order chi connectivity index (χ1) is 23.7. The first-order valence-electron chi connectivity index (χ1n) is 16.4. The second kappa shape index (κ2) is 31.2. The Labute approximate surface area is 284 Å². The summed E-state index contributed by atoms with van der Waals surface area (Å²) in [4.78, 5) is 11.6. The number of hydrogen-bond donors (Lipinski definition) is 2. The van der Waals surface area contributed by atoms with Gasteiger partial charge in [0, 0.05) is 12.2 Å². The number of nitrogen functional groups attached to an aromatic ring is 1. The Hall–Kier alpha value is -3.05. The summed E-state index contributed by atoms with van der Waals surface area (Å²) in [6.45, 7) is 9.69. The van der Waals surface area contributed by atoms with Gasteiger partial charge in [0.1, 0.15) is 19.0 Å². The second-order valence-electron chi connectivity index (χ2n) is 9.92. The zero-order chi connectivity index (χ0) is 34.0. The highest BCUT2D eigenvalue weighted by molar-refractivity contribution is 5.67. The summed E-state index contributed by atoms with van der Waals surface area (Å²) in [6, 6.07) is 16.8. The van der Waals surface area contributed by atoms with Gasteiger partial charge in [0.2, 0.25) is 0 Å². The third-order valence-electron chi connectivity index (χ3n) is 6.08. The maximum absolute atomic E-state index is 11.6. The number of nitrogens with two attached hydrogens (primary N) is 1. The van der Waals surface area contributed by atoms with E-state index in [9.17, 15) is 4.79 Å². The van der Waals surface area contributed by atoms with Gasteiger partial charge in [-0.3, -0.25) is 0 Å². The molecule has 14 nitrogen and oxygen atoms in total. The van der Waals surface area contributed by atoms with E-state index in [-0.39, 0.29) is 6.61 Å². The fraction of sp³-hybridized carbons (Fsp3) is 0.618. The number of amides is 1. The first-order valence-corrected chi connectivity index (χ1v) is 16.4. The smallest absolute Gasteiger partial charge is 0.407 e. The Bertz CT molecular complexity index is 988. The molecule has 3 N–H and O–H groups in total. The summed E-state index contributed by atoms with van der Waals surface area (Å²) >= 11 is 0. The van der Waals surface area contributed by atoms with Crippen LogP contribution in [0.25, 0.3) is 0 Å². The Balaban J connectivity index is 1.16. The molecule has 0 aliphatic carbocycles. The Kier molecular flexibility index (Phi) is 26.8. The normalized spacial score (nSPS) is 11.1. The van der Waals surface area contributed by atoms with Crippen LogP contribution in [-0.2, 0) is 54.0 Å². The van der Waals surface area contributed by atoms with Crippen molar-refractivity contribution >= 4 is 11.8 Å². The van der Waals surface area contributed by atoms with Crippen molar-refractivity contribution in [3.05, 3.63) is 60.2 Å². The molecule has 0 bridgehead atoms. The summed E-state index contributed by atoms with van der Waals surface area (Å²) in [7, 11) is 0. The van der Waals surface area contributed by atoms with Crippen molar-refractivity contribution in [3.63, 3.8) is 0 Å². The van der Waals surface area contributed by atoms with E-state index >= 15 is 0 Å². The summed E-state index contributed by atoms with van der Waals surface area (Å²) < 4.78 is 59.9. The topological polar surface area (TPSA) is 157 Å². The lowest BCUT2D eigenvalue weighted by atomic mass is 10.2. The van der Waals surface area contributed by atoms with Gasteiger partial charge < -0.3 is 63.2 Å². The summed E-state index contributed by atoms with van der Waals surface area (Å²) in [5.41, 5.74) is 7.28. The molecule has 0 radical (unpaired) electrons. The number of carbonyl (C=O) groups is 1. The zero-order valence-electron chi connectivity index (χ0n) is 28.0. The molecule has 0 unspecified atom stereocenters. The maximum atomic E-state index is 11.6. The van der Waals surface area contributed by atoms with Crippen LogP contribution in [0.3, 0.4) is 0 Å². The standard InChI is InChI=1S/C34H54N2O12/c35-32-6-8-33(9-7-32)47-29-28-46-27-26-45-25-24-44-23-22-43-21-20-42-19-18-41-17-16-40-15-14-39-13-12-38-11-10-36-34(37)48-30-31-4-2-1-3-5-31/h1-9H,10-30,35H2,(H,36,37). The summed E-state index contributed by atoms with van der Waals surface area (Å²) in [5.74, 6) is 0.768. The predicted molar refractivity (Wildman–Crippen MR) is 178 cm³/mol. The molecule has 0 aliphatic rings. The lowest BCUT2D eigenvalue weighted by molar-refractivity contribution is -0.0253. The third-order valence-corrected chi connectivity index (χ3v) is 6.08. The van der Waals surface area contributed by atoms with Crippen molar-refractivity contribution in [3.8, 4) is 5.75 Å². The molecule has 2 rings (SSSR count). The Morgan fingerprint density at radius 1 is 0.479 bits per heavy atom. The van der Waals surface area contributed by atoms with E-state index < -0.39 is 6.09 Å². The van der Waals surface area contributed by atoms with Gasteiger partial charge in [-0.15, -0.1) is 0 Å². The number of benzene rings is 2. The highest BCUT2D eigenvalue weighted by atomic mass is 16.6. The van der Waals surface area contributed by atoms with Crippen molar-refractivity contribution in [1.29, 1.82) is 0 Å². The average molecular weight is 683 g/mol. The molecule has 2 aromatic carbocycles. The van der Waals surface area contributed by atoms with Gasteiger partial charge in [0.05, 0.1) is 119 Å². The molecule has 0 saturated carbocycles. The molecule has 0 aromatic heterocycles. The van der Waals surface area contributed by atoms with Gasteiger partial charge >= 0.3 is 6.09 Å². The van der Waals surface area contributed by atoms with Crippen molar-refractivity contribution in [2.24, 2.45) is 0 Å². The number of carbonyl (C=O) groups excluding carboxylic acids is 1. The molecular weight excluding hydrogens is 628 g/mol. The molecule has 272 valence electrons. The lowest BCUT2D eigenvalue weighted by Gasteiger charge is -2.09.